The van der Waals surface area contributed by atoms with Gasteiger partial charge in [0, 0.05) is 33.4 Å². The largest absolute Gasteiger partial charge is 0.494 e. The first-order valence-electron chi connectivity index (χ1n) is 9.76. The SMILES string of the molecule is CCc1ccc2c(c1)c1c3cccnc3oc(=O)c1n2Cc1cccc(OC)c1F. The molecule has 3 aromatic heterocycles. The quantitative estimate of drug-likeness (QED) is 0.422. The predicted octanol–water partition coefficient (Wildman–Crippen LogP) is 5.05. The van der Waals surface area contributed by atoms with E-state index < -0.39 is 11.4 Å². The summed E-state index contributed by atoms with van der Waals surface area (Å²) in [5.41, 5.74) is 2.63. The molecule has 5 nitrogen and oxygen atoms in total. The molecule has 0 aliphatic carbocycles. The Hall–Kier alpha value is -3.67. The van der Waals surface area contributed by atoms with Crippen molar-refractivity contribution in [2.75, 3.05) is 7.11 Å². The van der Waals surface area contributed by atoms with Crippen LogP contribution in [-0.2, 0) is 13.0 Å². The molecule has 0 aliphatic heterocycles. The van der Waals surface area contributed by atoms with Gasteiger partial charge in [0.15, 0.2) is 11.6 Å². The number of halogens is 1. The van der Waals surface area contributed by atoms with Crippen LogP contribution in [0.3, 0.4) is 0 Å². The first kappa shape index (κ1) is 18.4. The molecule has 0 aliphatic rings. The van der Waals surface area contributed by atoms with Gasteiger partial charge in [0.25, 0.3) is 0 Å². The second-order valence-corrected chi connectivity index (χ2v) is 7.19. The summed E-state index contributed by atoms with van der Waals surface area (Å²) in [6.07, 6.45) is 2.46. The number of benzene rings is 2. The molecule has 5 rings (SSSR count). The summed E-state index contributed by atoms with van der Waals surface area (Å²) in [4.78, 5) is 17.2. The lowest BCUT2D eigenvalue weighted by Crippen LogP contribution is -2.10. The number of pyridine rings is 1. The van der Waals surface area contributed by atoms with Crippen LogP contribution >= 0.6 is 0 Å². The minimum atomic E-state index is -0.492. The molecule has 30 heavy (non-hydrogen) atoms. The zero-order valence-electron chi connectivity index (χ0n) is 16.6. The Morgan fingerprint density at radius 1 is 1.13 bits per heavy atom. The minimum Gasteiger partial charge on any atom is -0.494 e. The van der Waals surface area contributed by atoms with E-state index in [2.05, 4.69) is 18.0 Å². The number of aromatic nitrogens is 2. The van der Waals surface area contributed by atoms with Crippen molar-refractivity contribution in [2.45, 2.75) is 19.9 Å². The Bertz CT molecular complexity index is 1480. The number of methoxy groups -OCH3 is 1. The average molecular weight is 402 g/mol. The monoisotopic (exact) mass is 402 g/mol. The molecule has 0 saturated carbocycles. The molecule has 0 atom stereocenters. The number of hydrogen-bond donors (Lipinski definition) is 0. The maximum Gasteiger partial charge on any atom is 0.362 e. The van der Waals surface area contributed by atoms with Crippen LogP contribution in [0.25, 0.3) is 32.9 Å². The number of hydrogen-bond acceptors (Lipinski definition) is 4. The fourth-order valence-electron chi connectivity index (χ4n) is 4.08. The molecule has 6 heteroatoms. The van der Waals surface area contributed by atoms with Gasteiger partial charge in [-0.05, 0) is 42.3 Å². The van der Waals surface area contributed by atoms with E-state index in [1.54, 1.807) is 24.4 Å². The van der Waals surface area contributed by atoms with Gasteiger partial charge < -0.3 is 13.7 Å². The van der Waals surface area contributed by atoms with E-state index in [-0.39, 0.29) is 12.3 Å². The number of aryl methyl sites for hydroxylation is 1. The molecule has 0 amide bonds. The Morgan fingerprint density at radius 2 is 2.00 bits per heavy atom. The molecule has 0 bridgehead atoms. The summed E-state index contributed by atoms with van der Waals surface area (Å²) in [5, 5.41) is 2.47. The van der Waals surface area contributed by atoms with Gasteiger partial charge in [0.05, 0.1) is 13.7 Å². The number of rotatable bonds is 4. The summed E-state index contributed by atoms with van der Waals surface area (Å²) in [6.45, 7) is 2.25. The van der Waals surface area contributed by atoms with Crippen LogP contribution in [-0.4, -0.2) is 16.7 Å². The summed E-state index contributed by atoms with van der Waals surface area (Å²) >= 11 is 0. The van der Waals surface area contributed by atoms with Crippen molar-refractivity contribution in [3.63, 3.8) is 0 Å². The third-order valence-electron chi connectivity index (χ3n) is 5.55. The van der Waals surface area contributed by atoms with Crippen molar-refractivity contribution < 1.29 is 13.5 Å². The third-order valence-corrected chi connectivity index (χ3v) is 5.55. The number of nitrogens with zero attached hydrogens (tertiary/aromatic N) is 2. The van der Waals surface area contributed by atoms with Crippen LogP contribution in [0.1, 0.15) is 18.1 Å². The number of fused-ring (bicyclic) bond motifs is 5. The Morgan fingerprint density at radius 3 is 2.80 bits per heavy atom. The molecular weight excluding hydrogens is 383 g/mol. The van der Waals surface area contributed by atoms with Gasteiger partial charge in [0.2, 0.25) is 5.71 Å². The highest BCUT2D eigenvalue weighted by Crippen LogP contribution is 2.34. The molecular formula is C24H19FN2O3. The average Bonchev–Trinajstić information content (AvgIpc) is 3.09. The van der Waals surface area contributed by atoms with Gasteiger partial charge in [-0.25, -0.2) is 14.2 Å². The van der Waals surface area contributed by atoms with E-state index in [4.69, 9.17) is 9.15 Å². The topological polar surface area (TPSA) is 57.3 Å². The van der Waals surface area contributed by atoms with E-state index >= 15 is 0 Å². The lowest BCUT2D eigenvalue weighted by Gasteiger charge is -2.10. The van der Waals surface area contributed by atoms with E-state index in [0.29, 0.717) is 16.8 Å². The Balaban J connectivity index is 1.90. The maximum atomic E-state index is 14.9. The third kappa shape index (κ3) is 2.68. The van der Waals surface area contributed by atoms with Crippen molar-refractivity contribution in [1.82, 2.24) is 9.55 Å². The van der Waals surface area contributed by atoms with E-state index in [0.717, 1.165) is 33.7 Å². The standard InChI is InChI=1S/C24H19FN2O3/c1-3-14-9-10-18-17(12-14)20-16-7-5-11-26-23(16)30-24(28)22(20)27(18)13-15-6-4-8-19(29-2)21(15)25/h4-12H,3,13H2,1-2H3. The summed E-state index contributed by atoms with van der Waals surface area (Å²) < 4.78 is 27.3. The normalized spacial score (nSPS) is 11.6. The van der Waals surface area contributed by atoms with Gasteiger partial charge in [-0.15, -0.1) is 0 Å². The molecule has 150 valence electrons. The highest BCUT2D eigenvalue weighted by molar-refractivity contribution is 6.18. The molecule has 0 unspecified atom stereocenters. The van der Waals surface area contributed by atoms with Crippen molar-refractivity contribution >= 4 is 32.9 Å². The lowest BCUT2D eigenvalue weighted by atomic mass is 10.1. The lowest BCUT2D eigenvalue weighted by molar-refractivity contribution is 0.384. The fraction of sp³-hybridized carbons (Fsp3) is 0.167. The van der Waals surface area contributed by atoms with Gasteiger partial charge >= 0.3 is 5.63 Å². The zero-order chi connectivity index (χ0) is 20.8. The maximum absolute atomic E-state index is 14.9. The van der Waals surface area contributed by atoms with Crippen molar-refractivity contribution in [3.8, 4) is 5.75 Å². The molecule has 0 N–H and O–H groups in total. The van der Waals surface area contributed by atoms with E-state index in [9.17, 15) is 9.18 Å². The van der Waals surface area contributed by atoms with Crippen molar-refractivity contribution in [1.29, 1.82) is 0 Å². The Labute approximate surface area is 171 Å². The molecule has 0 spiro atoms. The second-order valence-electron chi connectivity index (χ2n) is 7.19. The van der Waals surface area contributed by atoms with Crippen LogP contribution in [0.2, 0.25) is 0 Å². The van der Waals surface area contributed by atoms with Gasteiger partial charge in [0.1, 0.15) is 5.52 Å². The van der Waals surface area contributed by atoms with Crippen LogP contribution < -0.4 is 10.4 Å². The van der Waals surface area contributed by atoms with Gasteiger partial charge in [-0.3, -0.25) is 0 Å². The molecule has 2 aromatic carbocycles. The van der Waals surface area contributed by atoms with Crippen LogP contribution in [0.15, 0.2) is 63.9 Å². The molecule has 5 aromatic rings. The van der Waals surface area contributed by atoms with Crippen LogP contribution in [0.5, 0.6) is 5.75 Å². The minimum absolute atomic E-state index is 0.170. The van der Waals surface area contributed by atoms with E-state index in [1.165, 1.54) is 7.11 Å². The second kappa shape index (κ2) is 6.99. The highest BCUT2D eigenvalue weighted by Gasteiger charge is 2.20. The Kier molecular flexibility index (Phi) is 4.28. The summed E-state index contributed by atoms with van der Waals surface area (Å²) in [5.74, 6) is -0.268. The first-order valence-corrected chi connectivity index (χ1v) is 9.76. The number of ether oxygens (including phenoxy) is 1. The predicted molar refractivity (Wildman–Crippen MR) is 115 cm³/mol. The van der Waals surface area contributed by atoms with Gasteiger partial charge in [-0.1, -0.05) is 25.1 Å². The molecule has 0 saturated heterocycles. The summed E-state index contributed by atoms with van der Waals surface area (Å²) in [6, 6.07) is 14.8. The highest BCUT2D eigenvalue weighted by atomic mass is 19.1. The summed E-state index contributed by atoms with van der Waals surface area (Å²) in [7, 11) is 1.43. The fourth-order valence-corrected chi connectivity index (χ4v) is 4.08. The molecule has 0 fully saturated rings. The van der Waals surface area contributed by atoms with Crippen LogP contribution in [0, 0.1) is 5.82 Å². The van der Waals surface area contributed by atoms with E-state index in [1.807, 2.05) is 28.8 Å². The molecule has 3 heterocycles. The molecule has 0 radical (unpaired) electrons. The van der Waals surface area contributed by atoms with Crippen molar-refractivity contribution in [2.24, 2.45) is 0 Å². The first-order chi connectivity index (χ1) is 14.6. The van der Waals surface area contributed by atoms with Crippen molar-refractivity contribution in [3.05, 3.63) is 82.1 Å². The van der Waals surface area contributed by atoms with Crippen LogP contribution in [0.4, 0.5) is 4.39 Å². The zero-order valence-corrected chi connectivity index (χ0v) is 16.6. The smallest absolute Gasteiger partial charge is 0.362 e. The van der Waals surface area contributed by atoms with Gasteiger partial charge in [-0.2, -0.15) is 0 Å².